The van der Waals surface area contributed by atoms with E-state index in [-0.39, 0.29) is 0 Å². The van der Waals surface area contributed by atoms with Crippen LogP contribution < -0.4 is 14.9 Å². The minimum absolute atomic E-state index is 0.698. The third-order valence-electron chi connectivity index (χ3n) is 4.41. The Labute approximate surface area is 157 Å². The van der Waals surface area contributed by atoms with Crippen LogP contribution in [0.4, 0.5) is 5.69 Å². The van der Waals surface area contributed by atoms with Crippen LogP contribution in [0.3, 0.4) is 0 Å². The zero-order valence-corrected chi connectivity index (χ0v) is 15.1. The van der Waals surface area contributed by atoms with Crippen molar-refractivity contribution in [2.45, 2.75) is 0 Å². The van der Waals surface area contributed by atoms with Crippen molar-refractivity contribution >= 4 is 33.7 Å². The van der Waals surface area contributed by atoms with Crippen LogP contribution in [0.5, 0.6) is 11.5 Å². The normalized spacial score (nSPS) is 11.2. The molecule has 0 amide bonds. The molecule has 134 valence electrons. The lowest BCUT2D eigenvalue weighted by molar-refractivity contribution is 0.394. The second-order valence-corrected chi connectivity index (χ2v) is 6.00. The largest absolute Gasteiger partial charge is 0.497 e. The molecule has 0 fully saturated rings. The van der Waals surface area contributed by atoms with Gasteiger partial charge >= 0.3 is 0 Å². The Balaban J connectivity index is 1.74. The van der Waals surface area contributed by atoms with Crippen LogP contribution in [-0.4, -0.2) is 25.4 Å². The molecule has 0 saturated heterocycles. The van der Waals surface area contributed by atoms with Crippen molar-refractivity contribution in [1.82, 2.24) is 4.98 Å². The lowest BCUT2D eigenvalue weighted by atomic mass is 10.1. The number of hydrogen-bond acceptors (Lipinski definition) is 5. The average Bonchev–Trinajstić information content (AvgIpc) is 2.73. The van der Waals surface area contributed by atoms with Gasteiger partial charge in [0.1, 0.15) is 11.5 Å². The lowest BCUT2D eigenvalue weighted by Gasteiger charge is -2.10. The maximum atomic E-state index is 5.42. The van der Waals surface area contributed by atoms with Crippen molar-refractivity contribution < 1.29 is 9.47 Å². The summed E-state index contributed by atoms with van der Waals surface area (Å²) in [5.41, 5.74) is 6.84. The van der Waals surface area contributed by atoms with Crippen molar-refractivity contribution in [2.75, 3.05) is 19.6 Å². The number of methoxy groups -OCH3 is 2. The minimum Gasteiger partial charge on any atom is -0.497 e. The molecule has 1 N–H and O–H groups in total. The number of hydrogen-bond donors (Lipinski definition) is 1. The molecule has 0 atom stereocenters. The van der Waals surface area contributed by atoms with Crippen molar-refractivity contribution in [3.8, 4) is 11.5 Å². The maximum Gasteiger partial charge on any atom is 0.131 e. The van der Waals surface area contributed by atoms with Crippen LogP contribution >= 0.6 is 0 Å². The molecular weight excluding hydrogens is 338 g/mol. The Morgan fingerprint density at radius 2 is 1.52 bits per heavy atom. The molecule has 0 aliphatic carbocycles. The molecule has 5 nitrogen and oxygen atoms in total. The molecule has 0 aliphatic heterocycles. The number of nitrogens with one attached hydrogen (secondary N) is 1. The molecule has 0 spiro atoms. The average molecular weight is 357 g/mol. The predicted molar refractivity (Wildman–Crippen MR) is 110 cm³/mol. The molecule has 0 saturated carbocycles. The summed E-state index contributed by atoms with van der Waals surface area (Å²) < 4.78 is 10.7. The van der Waals surface area contributed by atoms with Gasteiger partial charge in [-0.25, -0.2) is 4.98 Å². The Morgan fingerprint density at radius 3 is 2.15 bits per heavy atom. The summed E-state index contributed by atoms with van der Waals surface area (Å²) in [6, 6.07) is 21.7. The van der Waals surface area contributed by atoms with Gasteiger partial charge in [0, 0.05) is 22.4 Å². The first-order valence-electron chi connectivity index (χ1n) is 8.59. The number of ether oxygens (including phenoxy) is 2. The molecule has 0 unspecified atom stereocenters. The number of pyridine rings is 1. The predicted octanol–water partition coefficient (Wildman–Crippen LogP) is 4.85. The third-order valence-corrected chi connectivity index (χ3v) is 4.41. The molecule has 4 rings (SSSR count). The Kier molecular flexibility index (Phi) is 4.58. The second-order valence-electron chi connectivity index (χ2n) is 6.00. The van der Waals surface area contributed by atoms with Crippen LogP contribution in [0, 0.1) is 0 Å². The summed E-state index contributed by atoms with van der Waals surface area (Å²) in [5, 5.41) is 6.50. The van der Waals surface area contributed by atoms with Gasteiger partial charge in [0.25, 0.3) is 0 Å². The molecule has 5 heteroatoms. The first-order valence-corrected chi connectivity index (χ1v) is 8.59. The van der Waals surface area contributed by atoms with E-state index in [1.807, 2.05) is 66.7 Å². The number of anilines is 1. The highest BCUT2D eigenvalue weighted by molar-refractivity contribution is 6.07. The molecule has 0 bridgehead atoms. The van der Waals surface area contributed by atoms with Crippen molar-refractivity contribution in [2.24, 2.45) is 5.10 Å². The summed E-state index contributed by atoms with van der Waals surface area (Å²) in [7, 11) is 3.26. The van der Waals surface area contributed by atoms with Gasteiger partial charge in [-0.1, -0.05) is 36.4 Å². The first kappa shape index (κ1) is 16.8. The van der Waals surface area contributed by atoms with Gasteiger partial charge in [-0.05, 0) is 24.3 Å². The molecule has 1 aromatic heterocycles. The monoisotopic (exact) mass is 357 g/mol. The van der Waals surface area contributed by atoms with E-state index in [2.05, 4.69) is 10.5 Å². The quantitative estimate of drug-likeness (QED) is 0.315. The van der Waals surface area contributed by atoms with E-state index in [0.717, 1.165) is 38.8 Å². The lowest BCUT2D eigenvalue weighted by Crippen LogP contribution is -1.97. The number of aromatic nitrogens is 1. The first-order chi connectivity index (χ1) is 13.3. The minimum atomic E-state index is 0.698. The van der Waals surface area contributed by atoms with Crippen molar-refractivity contribution in [3.63, 3.8) is 0 Å². The smallest absolute Gasteiger partial charge is 0.131 e. The standard InChI is InChI=1S/C22H19N3O2/c1-26-16-12-11-15(21(13-16)27-2)14-23-25-22-17-7-3-5-9-19(17)24-20-10-6-4-8-18(20)22/h3-14H,1-2H3,(H,24,25)/b23-14+. The number of hydrazone groups is 1. The summed E-state index contributed by atoms with van der Waals surface area (Å²) in [6.45, 7) is 0. The van der Waals surface area contributed by atoms with E-state index >= 15 is 0 Å². The zero-order chi connectivity index (χ0) is 18.6. The number of nitrogens with zero attached hydrogens (tertiary/aromatic N) is 2. The Bertz CT molecular complexity index is 1080. The molecule has 0 radical (unpaired) electrons. The Hall–Kier alpha value is -3.60. The topological polar surface area (TPSA) is 55.7 Å². The van der Waals surface area contributed by atoms with Crippen LogP contribution in [0.25, 0.3) is 21.8 Å². The fourth-order valence-electron chi connectivity index (χ4n) is 3.05. The van der Waals surface area contributed by atoms with E-state index in [1.165, 1.54) is 0 Å². The van der Waals surface area contributed by atoms with Gasteiger partial charge in [-0.3, -0.25) is 5.43 Å². The van der Waals surface area contributed by atoms with Gasteiger partial charge in [-0.2, -0.15) is 5.10 Å². The number of benzene rings is 3. The van der Waals surface area contributed by atoms with E-state index in [1.54, 1.807) is 20.4 Å². The summed E-state index contributed by atoms with van der Waals surface area (Å²) >= 11 is 0. The van der Waals surface area contributed by atoms with Gasteiger partial charge in [0.2, 0.25) is 0 Å². The second kappa shape index (κ2) is 7.33. The van der Waals surface area contributed by atoms with Gasteiger partial charge in [0.05, 0.1) is 37.2 Å². The van der Waals surface area contributed by atoms with Gasteiger partial charge in [0.15, 0.2) is 0 Å². The van der Waals surface area contributed by atoms with Crippen LogP contribution in [-0.2, 0) is 0 Å². The van der Waals surface area contributed by atoms with Crippen molar-refractivity contribution in [1.29, 1.82) is 0 Å². The fourth-order valence-corrected chi connectivity index (χ4v) is 3.05. The number of rotatable bonds is 5. The summed E-state index contributed by atoms with van der Waals surface area (Å²) in [4.78, 5) is 4.73. The van der Waals surface area contributed by atoms with Gasteiger partial charge < -0.3 is 9.47 Å². The van der Waals surface area contributed by atoms with Crippen LogP contribution in [0.2, 0.25) is 0 Å². The highest BCUT2D eigenvalue weighted by Gasteiger charge is 2.08. The van der Waals surface area contributed by atoms with Crippen LogP contribution in [0.15, 0.2) is 71.8 Å². The highest BCUT2D eigenvalue weighted by Crippen LogP contribution is 2.30. The summed E-state index contributed by atoms with van der Waals surface area (Å²) in [6.07, 6.45) is 1.74. The fraction of sp³-hybridized carbons (Fsp3) is 0.0909. The zero-order valence-electron chi connectivity index (χ0n) is 15.1. The highest BCUT2D eigenvalue weighted by atomic mass is 16.5. The summed E-state index contributed by atoms with van der Waals surface area (Å²) in [5.74, 6) is 1.44. The maximum absolute atomic E-state index is 5.42. The molecular formula is C22H19N3O2. The molecule has 1 heterocycles. The van der Waals surface area contributed by atoms with E-state index < -0.39 is 0 Å². The van der Waals surface area contributed by atoms with Gasteiger partial charge in [-0.15, -0.1) is 0 Å². The van der Waals surface area contributed by atoms with E-state index in [4.69, 9.17) is 14.5 Å². The number of para-hydroxylation sites is 2. The van der Waals surface area contributed by atoms with Crippen LogP contribution in [0.1, 0.15) is 5.56 Å². The van der Waals surface area contributed by atoms with Crippen molar-refractivity contribution in [3.05, 3.63) is 72.3 Å². The Morgan fingerprint density at radius 1 is 0.852 bits per heavy atom. The van der Waals surface area contributed by atoms with E-state index in [0.29, 0.717) is 5.75 Å². The molecule has 27 heavy (non-hydrogen) atoms. The number of fused-ring (bicyclic) bond motifs is 2. The SMILES string of the molecule is COc1ccc(/C=N/Nc2c3ccccc3nc3ccccc23)c(OC)c1. The molecule has 3 aromatic carbocycles. The molecule has 0 aliphatic rings. The third kappa shape index (κ3) is 3.27. The molecule has 4 aromatic rings. The van der Waals surface area contributed by atoms with E-state index in [9.17, 15) is 0 Å².